The second-order valence-electron chi connectivity index (χ2n) is 4.49. The zero-order valence-electron chi connectivity index (χ0n) is 9.71. The van der Waals surface area contributed by atoms with Crippen molar-refractivity contribution in [2.45, 2.75) is 18.9 Å². The van der Waals surface area contributed by atoms with Crippen molar-refractivity contribution in [2.24, 2.45) is 0 Å². The molecule has 1 fully saturated rings. The largest absolute Gasteiger partial charge is 0.386 e. The number of hydrogen-bond donors (Lipinski definition) is 1. The van der Waals surface area contributed by atoms with Crippen LogP contribution in [0.5, 0.6) is 0 Å². The summed E-state index contributed by atoms with van der Waals surface area (Å²) in [5, 5.41) is 9.66. The van der Waals surface area contributed by atoms with E-state index in [0.29, 0.717) is 6.42 Å². The molecular formula is C12H12ClF2NO2. The number of likely N-dealkylation sites (tertiary alicyclic amines) is 1. The fourth-order valence-corrected chi connectivity index (χ4v) is 2.12. The molecule has 1 saturated heterocycles. The van der Waals surface area contributed by atoms with E-state index in [1.165, 1.54) is 4.90 Å². The number of carbonyl (C=O) groups is 1. The Morgan fingerprint density at radius 3 is 2.56 bits per heavy atom. The van der Waals surface area contributed by atoms with E-state index in [0.717, 1.165) is 12.1 Å². The number of benzene rings is 1. The summed E-state index contributed by atoms with van der Waals surface area (Å²) in [5.41, 5.74) is -0.963. The lowest BCUT2D eigenvalue weighted by molar-refractivity contribution is -0.0826. The smallest absolute Gasteiger partial charge is 0.255 e. The van der Waals surface area contributed by atoms with Crippen LogP contribution >= 0.6 is 11.6 Å². The molecule has 0 bridgehead atoms. The van der Waals surface area contributed by atoms with Crippen LogP contribution in [-0.4, -0.2) is 34.6 Å². The van der Waals surface area contributed by atoms with Crippen LogP contribution in [0.3, 0.4) is 0 Å². The van der Waals surface area contributed by atoms with Crippen LogP contribution in [0.15, 0.2) is 12.1 Å². The van der Waals surface area contributed by atoms with Gasteiger partial charge in [0.05, 0.1) is 29.3 Å². The summed E-state index contributed by atoms with van der Waals surface area (Å²) in [4.78, 5) is 13.3. The molecule has 1 heterocycles. The SMILES string of the molecule is CCC1(O)CN(C(=O)c2cc(F)c(F)cc2Cl)C1. The molecule has 98 valence electrons. The summed E-state index contributed by atoms with van der Waals surface area (Å²) < 4.78 is 25.9. The highest BCUT2D eigenvalue weighted by molar-refractivity contribution is 6.33. The van der Waals surface area contributed by atoms with Gasteiger partial charge >= 0.3 is 0 Å². The summed E-state index contributed by atoms with van der Waals surface area (Å²) in [7, 11) is 0. The van der Waals surface area contributed by atoms with Gasteiger partial charge in [-0.1, -0.05) is 18.5 Å². The fourth-order valence-electron chi connectivity index (χ4n) is 1.89. The first-order chi connectivity index (χ1) is 8.36. The van der Waals surface area contributed by atoms with Gasteiger partial charge in [0.1, 0.15) is 0 Å². The van der Waals surface area contributed by atoms with Crippen LogP contribution in [-0.2, 0) is 0 Å². The number of amides is 1. The van der Waals surface area contributed by atoms with Crippen LogP contribution in [0.1, 0.15) is 23.7 Å². The number of aliphatic hydroxyl groups is 1. The predicted octanol–water partition coefficient (Wildman–Crippen LogP) is 2.22. The van der Waals surface area contributed by atoms with E-state index in [1.807, 2.05) is 6.92 Å². The molecule has 1 aromatic rings. The lowest BCUT2D eigenvalue weighted by Crippen LogP contribution is -2.63. The molecule has 0 radical (unpaired) electrons. The lowest BCUT2D eigenvalue weighted by Gasteiger charge is -2.46. The molecule has 3 nitrogen and oxygen atoms in total. The van der Waals surface area contributed by atoms with Gasteiger partial charge in [0.15, 0.2) is 11.6 Å². The van der Waals surface area contributed by atoms with Gasteiger partial charge in [-0.05, 0) is 18.6 Å². The first-order valence-electron chi connectivity index (χ1n) is 5.52. The molecule has 0 atom stereocenters. The van der Waals surface area contributed by atoms with Gasteiger partial charge in [-0.3, -0.25) is 4.79 Å². The molecule has 0 unspecified atom stereocenters. The maximum Gasteiger partial charge on any atom is 0.255 e. The van der Waals surface area contributed by atoms with Crippen molar-refractivity contribution in [2.75, 3.05) is 13.1 Å². The molecule has 6 heteroatoms. The van der Waals surface area contributed by atoms with Crippen LogP contribution in [0.4, 0.5) is 8.78 Å². The van der Waals surface area contributed by atoms with E-state index in [1.54, 1.807) is 0 Å². The summed E-state index contributed by atoms with van der Waals surface area (Å²) in [6, 6.07) is 1.55. The summed E-state index contributed by atoms with van der Waals surface area (Å²) in [6.45, 7) is 2.17. The minimum Gasteiger partial charge on any atom is -0.386 e. The predicted molar refractivity (Wildman–Crippen MR) is 62.5 cm³/mol. The minimum absolute atomic E-state index is 0.0891. The highest BCUT2D eigenvalue weighted by atomic mass is 35.5. The number of rotatable bonds is 2. The zero-order chi connectivity index (χ0) is 13.5. The molecule has 1 aromatic carbocycles. The lowest BCUT2D eigenvalue weighted by atomic mass is 9.90. The van der Waals surface area contributed by atoms with E-state index in [4.69, 9.17) is 11.6 Å². The fraction of sp³-hybridized carbons (Fsp3) is 0.417. The highest BCUT2D eigenvalue weighted by Crippen LogP contribution is 2.28. The maximum absolute atomic E-state index is 13.1. The van der Waals surface area contributed by atoms with Gasteiger partial charge in [0, 0.05) is 0 Å². The van der Waals surface area contributed by atoms with Crippen molar-refractivity contribution in [3.63, 3.8) is 0 Å². The number of halogens is 3. The topological polar surface area (TPSA) is 40.5 Å². The zero-order valence-corrected chi connectivity index (χ0v) is 10.5. The molecule has 0 aromatic heterocycles. The average Bonchev–Trinajstić information content (AvgIpc) is 2.29. The number of hydrogen-bond acceptors (Lipinski definition) is 2. The number of β-amino-alcohol motifs (C(OH)–C–C–N with tert-alkyl or cyclic N) is 1. The summed E-state index contributed by atoms with van der Waals surface area (Å²) in [6.07, 6.45) is 0.530. The van der Waals surface area contributed by atoms with Gasteiger partial charge in [-0.15, -0.1) is 0 Å². The molecule has 1 aliphatic rings. The molecule has 18 heavy (non-hydrogen) atoms. The molecule has 0 spiro atoms. The third-order valence-electron chi connectivity index (χ3n) is 3.16. The summed E-state index contributed by atoms with van der Waals surface area (Å²) >= 11 is 5.71. The third kappa shape index (κ3) is 2.20. The van der Waals surface area contributed by atoms with E-state index < -0.39 is 23.1 Å². The Bertz CT molecular complexity index is 501. The molecule has 2 rings (SSSR count). The van der Waals surface area contributed by atoms with Gasteiger partial charge in [0.2, 0.25) is 0 Å². The highest BCUT2D eigenvalue weighted by Gasteiger charge is 2.42. The first-order valence-corrected chi connectivity index (χ1v) is 5.90. The van der Waals surface area contributed by atoms with E-state index in [9.17, 15) is 18.7 Å². The van der Waals surface area contributed by atoms with Crippen LogP contribution < -0.4 is 0 Å². The Labute approximate surface area is 108 Å². The van der Waals surface area contributed by atoms with Gasteiger partial charge < -0.3 is 10.0 Å². The Kier molecular flexibility index (Phi) is 3.29. The molecular weight excluding hydrogens is 264 g/mol. The van der Waals surface area contributed by atoms with E-state index in [2.05, 4.69) is 0 Å². The molecule has 1 N–H and O–H groups in total. The second-order valence-corrected chi connectivity index (χ2v) is 4.89. The van der Waals surface area contributed by atoms with Crippen molar-refractivity contribution in [3.05, 3.63) is 34.4 Å². The number of carbonyl (C=O) groups excluding carboxylic acids is 1. The van der Waals surface area contributed by atoms with Crippen molar-refractivity contribution < 1.29 is 18.7 Å². The average molecular weight is 276 g/mol. The normalized spacial score (nSPS) is 17.5. The quantitative estimate of drug-likeness (QED) is 0.841. The van der Waals surface area contributed by atoms with Crippen LogP contribution in [0.25, 0.3) is 0 Å². The van der Waals surface area contributed by atoms with Gasteiger partial charge in [0.25, 0.3) is 5.91 Å². The Morgan fingerprint density at radius 2 is 2.00 bits per heavy atom. The first kappa shape index (κ1) is 13.2. The minimum atomic E-state index is -1.12. The molecule has 0 saturated carbocycles. The summed E-state index contributed by atoms with van der Waals surface area (Å²) in [5.74, 6) is -2.71. The Hall–Kier alpha value is -1.20. The molecule has 0 aliphatic carbocycles. The molecule has 1 amide bonds. The maximum atomic E-state index is 13.1. The van der Waals surface area contributed by atoms with Crippen molar-refractivity contribution in [1.82, 2.24) is 4.90 Å². The third-order valence-corrected chi connectivity index (χ3v) is 3.47. The monoisotopic (exact) mass is 275 g/mol. The standard InChI is InChI=1S/C12H12ClF2NO2/c1-2-12(18)5-16(6-12)11(17)7-3-9(14)10(15)4-8(7)13/h3-4,18H,2,5-6H2,1H3. The van der Waals surface area contributed by atoms with E-state index >= 15 is 0 Å². The van der Waals surface area contributed by atoms with Gasteiger partial charge in [-0.25, -0.2) is 8.78 Å². The van der Waals surface area contributed by atoms with Crippen molar-refractivity contribution >= 4 is 17.5 Å². The molecule has 1 aliphatic heterocycles. The second kappa shape index (κ2) is 4.48. The van der Waals surface area contributed by atoms with Crippen LogP contribution in [0.2, 0.25) is 5.02 Å². The van der Waals surface area contributed by atoms with Crippen molar-refractivity contribution in [3.8, 4) is 0 Å². The van der Waals surface area contributed by atoms with Gasteiger partial charge in [-0.2, -0.15) is 0 Å². The van der Waals surface area contributed by atoms with Crippen molar-refractivity contribution in [1.29, 1.82) is 0 Å². The Balaban J connectivity index is 2.19. The van der Waals surface area contributed by atoms with Crippen LogP contribution in [0, 0.1) is 11.6 Å². The Morgan fingerprint density at radius 1 is 1.44 bits per heavy atom. The number of nitrogens with zero attached hydrogens (tertiary/aromatic N) is 1. The van der Waals surface area contributed by atoms with E-state index in [-0.39, 0.29) is 23.7 Å².